The van der Waals surface area contributed by atoms with E-state index in [1.165, 1.54) is 69.4 Å². The van der Waals surface area contributed by atoms with Crippen LogP contribution in [-0.4, -0.2) is 14.5 Å². The van der Waals surface area contributed by atoms with Crippen LogP contribution in [0.15, 0.2) is 144 Å². The fourth-order valence-corrected chi connectivity index (χ4v) is 11.2. The minimum Gasteiger partial charge on any atom is -0.436 e. The van der Waals surface area contributed by atoms with Crippen LogP contribution < -0.4 is 0 Å². The number of benzene rings is 7. The lowest BCUT2D eigenvalue weighted by molar-refractivity contribution is 0.639. The number of fused-ring (bicyclic) bond motifs is 15. The first-order valence-corrected chi connectivity index (χ1v) is 21.1. The Morgan fingerprint density at radius 3 is 2.32 bits per heavy atom. The maximum absolute atomic E-state index is 6.57. The molecule has 5 heteroatoms. The van der Waals surface area contributed by atoms with Crippen molar-refractivity contribution in [2.75, 3.05) is 0 Å². The Morgan fingerprint density at radius 2 is 1.53 bits per heavy atom. The Morgan fingerprint density at radius 1 is 0.746 bits per heavy atom. The number of thiophene rings is 1. The van der Waals surface area contributed by atoms with Crippen molar-refractivity contribution in [3.8, 4) is 17.1 Å². The number of aryl methyl sites for hydroxylation is 1. The quantitative estimate of drug-likeness (QED) is 0.179. The number of hydrogen-bond donors (Lipinski definition) is 0. The van der Waals surface area contributed by atoms with Crippen molar-refractivity contribution in [2.24, 2.45) is 0 Å². The van der Waals surface area contributed by atoms with Gasteiger partial charge in [-0.25, -0.2) is 9.97 Å². The monoisotopic (exact) mass is 777 g/mol. The van der Waals surface area contributed by atoms with Gasteiger partial charge in [-0.05, 0) is 113 Å². The van der Waals surface area contributed by atoms with E-state index in [-0.39, 0.29) is 5.41 Å². The summed E-state index contributed by atoms with van der Waals surface area (Å²) in [4.78, 5) is 11.2. The van der Waals surface area contributed by atoms with E-state index in [9.17, 15) is 0 Å². The van der Waals surface area contributed by atoms with E-state index in [0.717, 1.165) is 61.1 Å². The molecule has 0 N–H and O–H groups in total. The van der Waals surface area contributed by atoms with Crippen LogP contribution in [0.25, 0.3) is 114 Å². The molecule has 1 aliphatic rings. The van der Waals surface area contributed by atoms with Crippen LogP contribution in [0, 0.1) is 6.92 Å². The van der Waals surface area contributed by atoms with Crippen LogP contribution in [0.4, 0.5) is 0 Å². The van der Waals surface area contributed by atoms with Crippen LogP contribution in [0.2, 0.25) is 0 Å². The van der Waals surface area contributed by atoms with Gasteiger partial charge in [0.1, 0.15) is 16.8 Å². The molecule has 4 heterocycles. The predicted octanol–water partition coefficient (Wildman–Crippen LogP) is 15.4. The van der Waals surface area contributed by atoms with E-state index < -0.39 is 0 Å². The van der Waals surface area contributed by atoms with Gasteiger partial charge in [-0.3, -0.25) is 4.57 Å². The van der Waals surface area contributed by atoms with E-state index in [0.29, 0.717) is 5.71 Å². The fourth-order valence-electron chi connectivity index (χ4n) is 9.88. The van der Waals surface area contributed by atoms with E-state index in [2.05, 4.69) is 173 Å². The van der Waals surface area contributed by atoms with Crippen molar-refractivity contribution >= 4 is 109 Å². The molecule has 4 nitrogen and oxygen atoms in total. The smallest absolute Gasteiger partial charge is 0.247 e. The number of rotatable bonds is 4. The molecule has 0 unspecified atom stereocenters. The van der Waals surface area contributed by atoms with Gasteiger partial charge in [0.25, 0.3) is 0 Å². The molecule has 0 atom stereocenters. The summed E-state index contributed by atoms with van der Waals surface area (Å²) in [7, 11) is 0. The lowest BCUT2D eigenvalue weighted by Crippen LogP contribution is -2.15. The summed E-state index contributed by atoms with van der Waals surface area (Å²) in [6.07, 6.45) is 6.33. The molecule has 12 rings (SSSR count). The van der Waals surface area contributed by atoms with Gasteiger partial charge in [0.05, 0.1) is 15.7 Å². The summed E-state index contributed by atoms with van der Waals surface area (Å²) in [6, 6.07) is 42.2. The molecule has 1 aliphatic carbocycles. The topological polar surface area (TPSA) is 43.9 Å². The first-order chi connectivity index (χ1) is 28.7. The van der Waals surface area contributed by atoms with Crippen LogP contribution >= 0.6 is 11.3 Å². The average Bonchev–Trinajstić information content (AvgIpc) is 3.96. The van der Waals surface area contributed by atoms with Gasteiger partial charge in [0.2, 0.25) is 5.71 Å². The Hall–Kier alpha value is -6.82. The van der Waals surface area contributed by atoms with Crippen LogP contribution in [-0.2, 0) is 5.41 Å². The second kappa shape index (κ2) is 12.1. The summed E-state index contributed by atoms with van der Waals surface area (Å²) in [5.74, 6) is 0.775. The SMILES string of the molecule is C=Cc1ccc2c(c1)c1c3ccccc3c3c4cc5ccccc5cc4sc3c1n2-c1nc2c(nc1-c1ccc3c(c1)C(/C=C\C)=C(C)C3(C)C)oc1cc(C)ccc12. The van der Waals surface area contributed by atoms with Crippen molar-refractivity contribution in [3.05, 3.63) is 162 Å². The Kier molecular flexibility index (Phi) is 7.03. The largest absolute Gasteiger partial charge is 0.436 e. The molecular weight excluding hydrogens is 739 g/mol. The molecule has 0 saturated carbocycles. The molecule has 59 heavy (non-hydrogen) atoms. The number of nitrogens with zero attached hydrogens (tertiary/aromatic N) is 3. The van der Waals surface area contributed by atoms with Crippen molar-refractivity contribution in [2.45, 2.75) is 40.0 Å². The Bertz CT molecular complexity index is 3750. The highest BCUT2D eigenvalue weighted by Gasteiger charge is 2.35. The third kappa shape index (κ3) is 4.65. The summed E-state index contributed by atoms with van der Waals surface area (Å²) in [6.45, 7) is 15.3. The van der Waals surface area contributed by atoms with E-state index in [1.54, 1.807) is 0 Å². The average molecular weight is 778 g/mol. The molecule has 7 aromatic carbocycles. The summed E-state index contributed by atoms with van der Waals surface area (Å²) >= 11 is 1.87. The van der Waals surface area contributed by atoms with Gasteiger partial charge < -0.3 is 4.42 Å². The van der Waals surface area contributed by atoms with Crippen molar-refractivity contribution in [1.82, 2.24) is 14.5 Å². The second-order valence-corrected chi connectivity index (χ2v) is 17.7. The van der Waals surface area contributed by atoms with Gasteiger partial charge in [-0.2, -0.15) is 0 Å². The van der Waals surface area contributed by atoms with E-state index >= 15 is 0 Å². The minimum atomic E-state index is -0.0912. The molecular formula is C54H39N3OS. The molecule has 11 aromatic rings. The molecule has 4 aromatic heterocycles. The molecule has 0 fully saturated rings. The maximum Gasteiger partial charge on any atom is 0.247 e. The number of allylic oxidation sites excluding steroid dienone is 4. The molecule has 0 aliphatic heterocycles. The van der Waals surface area contributed by atoms with Gasteiger partial charge in [0, 0.05) is 42.6 Å². The predicted molar refractivity (Wildman–Crippen MR) is 252 cm³/mol. The van der Waals surface area contributed by atoms with Crippen molar-refractivity contribution in [3.63, 3.8) is 0 Å². The first-order valence-electron chi connectivity index (χ1n) is 20.3. The highest BCUT2D eigenvalue weighted by Crippen LogP contribution is 2.51. The minimum absolute atomic E-state index is 0.0912. The van der Waals surface area contributed by atoms with Crippen molar-refractivity contribution < 1.29 is 4.42 Å². The van der Waals surface area contributed by atoms with Gasteiger partial charge in [-0.1, -0.05) is 117 Å². The molecule has 0 bridgehead atoms. The maximum atomic E-state index is 6.57. The Labute approximate surface area is 345 Å². The Balaban J connectivity index is 1.29. The highest BCUT2D eigenvalue weighted by atomic mass is 32.1. The third-order valence-corrected chi connectivity index (χ3v) is 14.2. The van der Waals surface area contributed by atoms with Crippen LogP contribution in [0.1, 0.15) is 49.9 Å². The summed E-state index contributed by atoms with van der Waals surface area (Å²) < 4.78 is 11.5. The first kappa shape index (κ1) is 34.2. The van der Waals surface area contributed by atoms with Gasteiger partial charge in [-0.15, -0.1) is 11.3 Å². The fraction of sp³-hybridized carbons (Fsp3) is 0.111. The third-order valence-electron chi connectivity index (χ3n) is 13.1. The lowest BCUT2D eigenvalue weighted by atomic mass is 9.81. The standard InChI is InChI=1S/C54H39N3OS/c1-7-13-35-30(4)54(5,6)42-22-20-34(27-39(35)42)48-52(55-49-38-21-18-29(3)24-44(38)58-53(49)56-48)57-43-23-19-31(8-2)25-40(43)46-36-16-11-12-17-37(36)47-41-26-32-14-9-10-15-33(32)28-45(41)59-51(47)50(46)57/h7-28H,2H2,1,3-6H3/b13-7-. The summed E-state index contributed by atoms with van der Waals surface area (Å²) in [5, 5.41) is 10.8. The second-order valence-electron chi connectivity index (χ2n) is 16.7. The number of hydrogen-bond acceptors (Lipinski definition) is 4. The number of furan rings is 1. The molecule has 0 radical (unpaired) electrons. The summed E-state index contributed by atoms with van der Waals surface area (Å²) in [5.41, 5.74) is 13.3. The molecule has 0 spiro atoms. The molecule has 0 saturated heterocycles. The van der Waals surface area contributed by atoms with Gasteiger partial charge in [0.15, 0.2) is 5.82 Å². The molecule has 0 amide bonds. The zero-order valence-corrected chi connectivity index (χ0v) is 34.4. The van der Waals surface area contributed by atoms with E-state index in [1.807, 2.05) is 17.4 Å². The highest BCUT2D eigenvalue weighted by molar-refractivity contribution is 7.27. The zero-order chi connectivity index (χ0) is 39.9. The van der Waals surface area contributed by atoms with Crippen LogP contribution in [0.5, 0.6) is 0 Å². The lowest BCUT2D eigenvalue weighted by Gasteiger charge is -2.22. The zero-order valence-electron chi connectivity index (χ0n) is 33.6. The van der Waals surface area contributed by atoms with Crippen LogP contribution in [0.3, 0.4) is 0 Å². The van der Waals surface area contributed by atoms with Gasteiger partial charge >= 0.3 is 0 Å². The van der Waals surface area contributed by atoms with Crippen molar-refractivity contribution in [1.29, 1.82) is 0 Å². The van der Waals surface area contributed by atoms with E-state index in [4.69, 9.17) is 14.4 Å². The molecule has 282 valence electrons. The normalized spacial score (nSPS) is 14.3. The number of aromatic nitrogens is 3.